The minimum Gasteiger partial charge on any atom is -0.748 e. The van der Waals surface area contributed by atoms with Crippen molar-refractivity contribution in [3.05, 3.63) is 0 Å². The predicted molar refractivity (Wildman–Crippen MR) is 86.3 cm³/mol. The summed E-state index contributed by atoms with van der Waals surface area (Å²) in [5, 5.41) is 7.97. The van der Waals surface area contributed by atoms with E-state index in [4.69, 9.17) is 5.11 Å². The van der Waals surface area contributed by atoms with Crippen LogP contribution in [-0.2, 0) is 10.1 Å². The molecule has 0 heterocycles. The number of aliphatic hydroxyl groups is 1. The summed E-state index contributed by atoms with van der Waals surface area (Å²) < 4.78 is 33.8. The maximum atomic E-state index is 11.3. The van der Waals surface area contributed by atoms with E-state index in [1.165, 1.54) is 25.7 Å². The van der Waals surface area contributed by atoms with Gasteiger partial charge in [0.25, 0.3) is 0 Å². The molecule has 0 spiro atoms. The van der Waals surface area contributed by atoms with E-state index in [1.807, 2.05) is 0 Å². The molecule has 4 nitrogen and oxygen atoms in total. The van der Waals surface area contributed by atoms with E-state index in [1.54, 1.807) is 0 Å². The van der Waals surface area contributed by atoms with Gasteiger partial charge >= 0.3 is 51.4 Å². The van der Waals surface area contributed by atoms with Crippen molar-refractivity contribution < 1.29 is 69.5 Å². The van der Waals surface area contributed by atoms with Gasteiger partial charge in [0.15, 0.2) is 0 Å². The predicted octanol–water partition coefficient (Wildman–Crippen LogP) is 0.988. The molecule has 1 unspecified atom stereocenters. The van der Waals surface area contributed by atoms with Crippen LogP contribution in [0.25, 0.3) is 0 Å². The van der Waals surface area contributed by atoms with Crippen LogP contribution >= 0.6 is 0 Å². The molecule has 0 rings (SSSR count). The van der Waals surface area contributed by atoms with Crippen LogP contribution in [0.3, 0.4) is 0 Å². The molecule has 0 aromatic heterocycles. The van der Waals surface area contributed by atoms with E-state index in [9.17, 15) is 13.0 Å². The standard InChI is InChI=1S/C16H34O4S.K/c1-2-3-4-5-6-7-10-13-16(21(18,19)20)14-11-8-9-12-15-17;/h16-17H,2-15H2,1H3,(H,18,19,20);/q;+1/p-1. The average Bonchev–Trinajstić information content (AvgIpc) is 2.42. The zero-order valence-electron chi connectivity index (χ0n) is 14.6. The zero-order chi connectivity index (χ0) is 16.0. The summed E-state index contributed by atoms with van der Waals surface area (Å²) >= 11 is 0. The van der Waals surface area contributed by atoms with Gasteiger partial charge in [0.05, 0.1) is 10.1 Å². The molecule has 1 N–H and O–H groups in total. The summed E-state index contributed by atoms with van der Waals surface area (Å²) in [6.45, 7) is 2.37. The van der Waals surface area contributed by atoms with Gasteiger partial charge in [-0.25, -0.2) is 8.42 Å². The zero-order valence-corrected chi connectivity index (χ0v) is 18.5. The van der Waals surface area contributed by atoms with E-state index in [0.29, 0.717) is 12.8 Å². The fourth-order valence-electron chi connectivity index (χ4n) is 2.60. The summed E-state index contributed by atoms with van der Waals surface area (Å²) in [6, 6.07) is 0. The van der Waals surface area contributed by atoms with Crippen molar-refractivity contribution >= 4 is 10.1 Å². The first-order chi connectivity index (χ1) is 10.0. The van der Waals surface area contributed by atoms with Crippen LogP contribution in [0.4, 0.5) is 0 Å². The molecule has 0 aromatic rings. The molecule has 0 aliphatic carbocycles. The van der Waals surface area contributed by atoms with Crippen LogP contribution in [0, 0.1) is 0 Å². The summed E-state index contributed by atoms with van der Waals surface area (Å²) in [6.07, 6.45) is 12.3. The molecule has 0 radical (unpaired) electrons. The molecular weight excluding hydrogens is 327 g/mol. The second-order valence-corrected chi connectivity index (χ2v) is 7.60. The smallest absolute Gasteiger partial charge is 0.748 e. The third-order valence-electron chi connectivity index (χ3n) is 3.97. The van der Waals surface area contributed by atoms with E-state index in [0.717, 1.165) is 44.9 Å². The first-order valence-corrected chi connectivity index (χ1v) is 10.0. The molecule has 0 aromatic carbocycles. The number of aliphatic hydroxyl groups excluding tert-OH is 1. The van der Waals surface area contributed by atoms with Crippen LogP contribution in [0.1, 0.15) is 90.4 Å². The Morgan fingerprint density at radius 2 is 1.23 bits per heavy atom. The van der Waals surface area contributed by atoms with Crippen molar-refractivity contribution in [1.82, 2.24) is 0 Å². The van der Waals surface area contributed by atoms with Crippen LogP contribution in [0.5, 0.6) is 0 Å². The number of rotatable bonds is 15. The third-order valence-corrected chi connectivity index (χ3v) is 5.26. The molecule has 6 heteroatoms. The van der Waals surface area contributed by atoms with E-state index in [-0.39, 0.29) is 58.0 Å². The summed E-state index contributed by atoms with van der Waals surface area (Å²) in [7, 11) is -4.16. The second-order valence-electron chi connectivity index (χ2n) is 5.95. The number of unbranched alkanes of at least 4 members (excludes halogenated alkanes) is 9. The maximum absolute atomic E-state index is 11.3. The molecule has 22 heavy (non-hydrogen) atoms. The summed E-state index contributed by atoms with van der Waals surface area (Å²) in [5.41, 5.74) is 0. The van der Waals surface area contributed by atoms with Gasteiger partial charge in [-0.1, -0.05) is 71.1 Å². The normalized spacial score (nSPS) is 12.9. The monoisotopic (exact) mass is 360 g/mol. The Morgan fingerprint density at radius 1 is 0.818 bits per heavy atom. The van der Waals surface area contributed by atoms with Crippen molar-refractivity contribution in [1.29, 1.82) is 0 Å². The Morgan fingerprint density at radius 3 is 1.64 bits per heavy atom. The molecule has 0 saturated heterocycles. The van der Waals surface area contributed by atoms with Gasteiger partial charge in [-0.2, -0.15) is 0 Å². The van der Waals surface area contributed by atoms with Gasteiger partial charge in [-0.05, 0) is 19.3 Å². The third kappa shape index (κ3) is 16.4. The molecular formula is C16H33KO4S. The van der Waals surface area contributed by atoms with E-state index < -0.39 is 15.4 Å². The SMILES string of the molecule is CCCCCCCCCC(CCCCCCO)S(=O)(=O)[O-].[K+]. The van der Waals surface area contributed by atoms with Gasteiger partial charge in [0, 0.05) is 11.9 Å². The Balaban J connectivity index is 0. The Hall–Kier alpha value is 1.51. The molecule has 0 amide bonds. The quantitative estimate of drug-likeness (QED) is 0.268. The van der Waals surface area contributed by atoms with Crippen LogP contribution < -0.4 is 51.4 Å². The Bertz CT molecular complexity index is 320. The fraction of sp³-hybridized carbons (Fsp3) is 1.00. The van der Waals surface area contributed by atoms with Crippen molar-refractivity contribution in [3.8, 4) is 0 Å². The van der Waals surface area contributed by atoms with E-state index in [2.05, 4.69) is 6.92 Å². The molecule has 128 valence electrons. The fourth-order valence-corrected chi connectivity index (χ4v) is 3.51. The first kappa shape index (κ1) is 25.7. The summed E-state index contributed by atoms with van der Waals surface area (Å²) in [4.78, 5) is 0. The number of hydrogen-bond acceptors (Lipinski definition) is 4. The van der Waals surface area contributed by atoms with Gasteiger partial charge in [-0.15, -0.1) is 0 Å². The van der Waals surface area contributed by atoms with Crippen molar-refractivity contribution in [3.63, 3.8) is 0 Å². The molecule has 0 bridgehead atoms. The summed E-state index contributed by atoms with van der Waals surface area (Å²) in [5.74, 6) is 0. The van der Waals surface area contributed by atoms with Gasteiger partial charge < -0.3 is 9.66 Å². The largest absolute Gasteiger partial charge is 1.00 e. The van der Waals surface area contributed by atoms with Crippen LogP contribution in [0.2, 0.25) is 0 Å². The van der Waals surface area contributed by atoms with Gasteiger partial charge in [0.2, 0.25) is 0 Å². The van der Waals surface area contributed by atoms with Crippen LogP contribution in [0.15, 0.2) is 0 Å². The Kier molecular flexibility index (Phi) is 20.3. The average molecular weight is 361 g/mol. The van der Waals surface area contributed by atoms with Crippen molar-refractivity contribution in [2.75, 3.05) is 6.61 Å². The maximum Gasteiger partial charge on any atom is 1.00 e. The van der Waals surface area contributed by atoms with Crippen molar-refractivity contribution in [2.45, 2.75) is 95.6 Å². The topological polar surface area (TPSA) is 77.4 Å². The molecule has 0 aliphatic rings. The minimum atomic E-state index is -4.16. The molecule has 1 atom stereocenters. The second kappa shape index (κ2) is 17.3. The first-order valence-electron chi connectivity index (χ1n) is 8.58. The van der Waals surface area contributed by atoms with Crippen molar-refractivity contribution in [2.24, 2.45) is 0 Å². The van der Waals surface area contributed by atoms with Crippen LogP contribution in [-0.4, -0.2) is 29.9 Å². The molecule has 0 aliphatic heterocycles. The van der Waals surface area contributed by atoms with Gasteiger partial charge in [0.1, 0.15) is 0 Å². The Labute approximate surface area is 180 Å². The van der Waals surface area contributed by atoms with E-state index >= 15 is 0 Å². The molecule has 0 saturated carbocycles. The number of hydrogen-bond donors (Lipinski definition) is 1. The molecule has 0 fully saturated rings. The van der Waals surface area contributed by atoms with Gasteiger partial charge in [-0.3, -0.25) is 0 Å². The minimum absolute atomic E-state index is 0.